The van der Waals surface area contributed by atoms with Crippen molar-refractivity contribution in [3.05, 3.63) is 39.6 Å². The maximum atomic E-state index is 13.0. The molecule has 7 nitrogen and oxygen atoms in total. The van der Waals surface area contributed by atoms with Crippen LogP contribution in [0, 0.1) is 13.8 Å². The number of aryl methyl sites for hydroxylation is 2. The number of nitrogens with one attached hydrogen (secondary N) is 1. The molecule has 0 amide bonds. The van der Waals surface area contributed by atoms with Crippen LogP contribution < -0.4 is 10.4 Å². The molecule has 1 N–H and O–H groups in total. The molecule has 142 valence electrons. The Balaban J connectivity index is 2.77. The van der Waals surface area contributed by atoms with Gasteiger partial charge in [-0.1, -0.05) is 6.07 Å². The zero-order valence-corrected chi connectivity index (χ0v) is 22.9. The lowest BCUT2D eigenvalue weighted by molar-refractivity contribution is 0.606. The summed E-state index contributed by atoms with van der Waals surface area (Å²) in [7, 11) is 1.08. The second-order valence-electron chi connectivity index (χ2n) is 5.95. The summed E-state index contributed by atoms with van der Waals surface area (Å²) < 4.78 is 28.3. The number of anilines is 1. The molecule has 0 radical (unpaired) electrons. The molecular weight excluding hydrogens is 715 g/mol. The fourth-order valence-electron chi connectivity index (χ4n) is 2.47. The Labute approximate surface area is 196 Å². The van der Waals surface area contributed by atoms with E-state index in [1.54, 1.807) is 10.6 Å². The van der Waals surface area contributed by atoms with Crippen LogP contribution in [0.25, 0.3) is 5.69 Å². The number of sulfonamides is 1. The number of halogens is 3. The third-order valence-electron chi connectivity index (χ3n) is 3.54. The first-order chi connectivity index (χ1) is 11.7. The molecule has 2 rings (SSSR count). The lowest BCUT2D eigenvalue weighted by Crippen LogP contribution is -2.27. The molecule has 0 bridgehead atoms. The van der Waals surface area contributed by atoms with Crippen LogP contribution in [0.1, 0.15) is 22.6 Å². The Morgan fingerprint density at radius 1 is 1.27 bits per heavy atom. The summed E-state index contributed by atoms with van der Waals surface area (Å²) in [4.78, 5) is 13.0. The summed E-state index contributed by atoms with van der Waals surface area (Å²) in [5.41, 5.74) is 2.18. The van der Waals surface area contributed by atoms with Gasteiger partial charge in [0.05, 0.1) is 17.6 Å². The molecular formula is C13H17BI3N4O3PS. The van der Waals surface area contributed by atoms with Gasteiger partial charge < -0.3 is 0 Å². The first-order valence-electron chi connectivity index (χ1n) is 7.36. The van der Waals surface area contributed by atoms with E-state index in [-0.39, 0.29) is 11.4 Å². The van der Waals surface area contributed by atoms with E-state index in [0.29, 0.717) is 17.2 Å². The number of benzene rings is 1. The van der Waals surface area contributed by atoms with Crippen LogP contribution in [-0.2, 0) is 9.46 Å². The summed E-state index contributed by atoms with van der Waals surface area (Å²) in [6, 6.07) is 3.49. The van der Waals surface area contributed by atoms with Crippen molar-refractivity contribution in [2.45, 2.75) is 19.0 Å². The summed E-state index contributed by atoms with van der Waals surface area (Å²) in [6.45, 7) is 3.68. The Hall–Kier alpha value is 0.595. The minimum absolute atomic E-state index is 0.135. The standard InChI is InChI=1S/C13H17BI3N4O3PS/c1-6-4-7(2)9(5-8(6)19-26(3,23)24)21-12(22)20(11(14)25)10(18-21)13(15,16)17/h4-5,11,19H,14,25H2,1-3H3. The highest BCUT2D eigenvalue weighted by atomic mass is 127. The zero-order chi connectivity index (χ0) is 20.0. The molecule has 2 atom stereocenters. The molecule has 0 fully saturated rings. The fraction of sp³-hybridized carbons (Fsp3) is 0.385. The first-order valence-corrected chi connectivity index (χ1v) is 13.2. The van der Waals surface area contributed by atoms with Crippen molar-refractivity contribution in [2.24, 2.45) is 0 Å². The predicted octanol–water partition coefficient (Wildman–Crippen LogP) is 2.40. The van der Waals surface area contributed by atoms with Gasteiger partial charge >= 0.3 is 5.69 Å². The van der Waals surface area contributed by atoms with E-state index < -0.39 is 9.46 Å². The summed E-state index contributed by atoms with van der Waals surface area (Å²) in [5, 5.41) is 4.55. The smallest absolute Gasteiger partial charge is 0.283 e. The average molecular weight is 732 g/mol. The van der Waals surface area contributed by atoms with Crippen molar-refractivity contribution in [2.75, 3.05) is 11.0 Å². The Kier molecular flexibility index (Phi) is 7.17. The van der Waals surface area contributed by atoms with Gasteiger partial charge in [0.1, 0.15) is 7.85 Å². The minimum Gasteiger partial charge on any atom is -0.283 e. The van der Waals surface area contributed by atoms with E-state index in [0.717, 1.165) is 17.4 Å². The van der Waals surface area contributed by atoms with E-state index >= 15 is 0 Å². The van der Waals surface area contributed by atoms with Crippen LogP contribution in [0.4, 0.5) is 5.69 Å². The molecule has 0 spiro atoms. The maximum absolute atomic E-state index is 13.0. The van der Waals surface area contributed by atoms with Crippen molar-refractivity contribution in [1.29, 1.82) is 0 Å². The van der Waals surface area contributed by atoms with Crippen molar-refractivity contribution in [3.8, 4) is 5.69 Å². The molecule has 1 aromatic heterocycles. The molecule has 0 saturated carbocycles. The van der Waals surface area contributed by atoms with Gasteiger partial charge in [-0.25, -0.2) is 13.2 Å². The van der Waals surface area contributed by atoms with Gasteiger partial charge in [0, 0.05) is 5.68 Å². The van der Waals surface area contributed by atoms with Gasteiger partial charge in [-0.2, -0.15) is 4.68 Å². The second-order valence-corrected chi connectivity index (χ2v) is 19.7. The number of rotatable bonds is 5. The molecule has 1 aromatic carbocycles. The number of hydrogen-bond acceptors (Lipinski definition) is 4. The number of aromatic nitrogens is 3. The molecule has 26 heavy (non-hydrogen) atoms. The Morgan fingerprint density at radius 3 is 2.27 bits per heavy atom. The third kappa shape index (κ3) is 5.14. The third-order valence-corrected chi connectivity index (χ3v) is 5.87. The van der Waals surface area contributed by atoms with E-state index in [4.69, 9.17) is 0 Å². The number of alkyl halides is 3. The van der Waals surface area contributed by atoms with Crippen molar-refractivity contribution in [3.63, 3.8) is 0 Å². The second kappa shape index (κ2) is 8.15. The molecule has 0 aliphatic rings. The van der Waals surface area contributed by atoms with Gasteiger partial charge in [-0.05, 0) is 98.8 Å². The largest absolute Gasteiger partial charge is 0.350 e. The highest BCUT2D eigenvalue weighted by Gasteiger charge is 2.31. The van der Waals surface area contributed by atoms with Crippen molar-refractivity contribution < 1.29 is 8.42 Å². The molecule has 1 heterocycles. The van der Waals surface area contributed by atoms with Crippen LogP contribution in [0.5, 0.6) is 0 Å². The fourth-order valence-corrected chi connectivity index (χ4v) is 4.47. The Morgan fingerprint density at radius 2 is 1.85 bits per heavy atom. The van der Waals surface area contributed by atoms with Gasteiger partial charge in [0.25, 0.3) is 0 Å². The van der Waals surface area contributed by atoms with Gasteiger partial charge in [-0.3, -0.25) is 9.29 Å². The van der Waals surface area contributed by atoms with Crippen LogP contribution in [0.3, 0.4) is 0 Å². The van der Waals surface area contributed by atoms with E-state index in [1.165, 1.54) is 4.68 Å². The van der Waals surface area contributed by atoms with Crippen LogP contribution in [0.15, 0.2) is 16.9 Å². The normalized spacial score (nSPS) is 13.7. The highest BCUT2D eigenvalue weighted by molar-refractivity contribution is 14.3. The maximum Gasteiger partial charge on any atom is 0.350 e. The topological polar surface area (TPSA) is 86.0 Å². The quantitative estimate of drug-likeness (QED) is 0.222. The molecule has 2 unspecified atom stereocenters. The zero-order valence-electron chi connectivity index (χ0n) is 14.4. The SMILES string of the molecule is BC(P)n1c(C(I)(I)I)nn(-c2cc(NS(C)(=O)=O)c(C)cc2C)c1=O. The van der Waals surface area contributed by atoms with E-state index in [9.17, 15) is 13.2 Å². The molecule has 2 aromatic rings. The van der Waals surface area contributed by atoms with Crippen molar-refractivity contribution >= 4 is 101 Å². The van der Waals surface area contributed by atoms with Crippen molar-refractivity contribution in [1.82, 2.24) is 14.3 Å². The summed E-state index contributed by atoms with van der Waals surface area (Å²) in [6.07, 6.45) is 1.09. The van der Waals surface area contributed by atoms with Crippen LogP contribution in [-0.4, -0.2) is 36.9 Å². The van der Waals surface area contributed by atoms with Gasteiger partial charge in [-0.15, -0.1) is 14.3 Å². The number of hydrogen-bond donors (Lipinski definition) is 1. The van der Waals surface area contributed by atoms with Crippen LogP contribution in [0.2, 0.25) is 0 Å². The van der Waals surface area contributed by atoms with Crippen LogP contribution >= 0.6 is 77.0 Å². The highest BCUT2D eigenvalue weighted by Crippen LogP contribution is 2.45. The molecule has 0 aliphatic carbocycles. The van der Waals surface area contributed by atoms with E-state index in [1.807, 2.05) is 27.8 Å². The van der Waals surface area contributed by atoms with E-state index in [2.05, 4.69) is 86.8 Å². The predicted molar refractivity (Wildman–Crippen MR) is 137 cm³/mol. The molecule has 13 heteroatoms. The summed E-state index contributed by atoms with van der Waals surface area (Å²) in [5.74, 6) is 0.629. The monoisotopic (exact) mass is 732 g/mol. The summed E-state index contributed by atoms with van der Waals surface area (Å²) >= 11 is 6.68. The lowest BCUT2D eigenvalue weighted by Gasteiger charge is -2.15. The Bertz CT molecular complexity index is 1010. The van der Waals surface area contributed by atoms with Gasteiger partial charge in [0.2, 0.25) is 10.0 Å². The molecule has 0 aliphatic heterocycles. The number of nitrogens with zero attached hydrogens (tertiary/aromatic N) is 3. The average Bonchev–Trinajstić information content (AvgIpc) is 2.78. The minimum atomic E-state index is -3.43. The molecule has 0 saturated heterocycles. The lowest BCUT2D eigenvalue weighted by atomic mass is 10.1. The first kappa shape index (κ1) is 22.9. The van der Waals surface area contributed by atoms with Gasteiger partial charge in [0.15, 0.2) is 5.26 Å².